The van der Waals surface area contributed by atoms with E-state index >= 15 is 0 Å². The Bertz CT molecular complexity index is 199. The summed E-state index contributed by atoms with van der Waals surface area (Å²) >= 11 is 0. The van der Waals surface area contributed by atoms with Gasteiger partial charge >= 0.3 is 5.97 Å². The van der Waals surface area contributed by atoms with Crippen LogP contribution in [0.25, 0.3) is 0 Å². The molecule has 1 rings (SSSR count). The maximum Gasteiger partial charge on any atom is 0.306 e. The van der Waals surface area contributed by atoms with Crippen LogP contribution in [0, 0.1) is 5.92 Å². The highest BCUT2D eigenvalue weighted by atomic mass is 16.4. The van der Waals surface area contributed by atoms with E-state index in [1.165, 1.54) is 0 Å². The second-order valence-electron chi connectivity index (χ2n) is 4.80. The van der Waals surface area contributed by atoms with Crippen LogP contribution < -0.4 is 0 Å². The van der Waals surface area contributed by atoms with E-state index in [0.717, 1.165) is 12.8 Å². The SMILES string of the molecule is CC(C)N(C(C)C)C1CC(C(=O)O)C1. The van der Waals surface area contributed by atoms with E-state index in [0.29, 0.717) is 18.1 Å². The Morgan fingerprint density at radius 2 is 1.64 bits per heavy atom. The fourth-order valence-corrected chi connectivity index (χ4v) is 2.47. The van der Waals surface area contributed by atoms with Gasteiger partial charge in [0.05, 0.1) is 5.92 Å². The van der Waals surface area contributed by atoms with Crippen molar-refractivity contribution in [3.63, 3.8) is 0 Å². The fraction of sp³-hybridized carbons (Fsp3) is 0.909. The summed E-state index contributed by atoms with van der Waals surface area (Å²) in [5.41, 5.74) is 0. The Kier molecular flexibility index (Phi) is 3.53. The quantitative estimate of drug-likeness (QED) is 0.752. The third kappa shape index (κ3) is 2.27. The van der Waals surface area contributed by atoms with Gasteiger partial charge in [0.1, 0.15) is 0 Å². The highest BCUT2D eigenvalue weighted by Gasteiger charge is 2.39. The maximum absolute atomic E-state index is 10.7. The predicted octanol–water partition coefficient (Wildman–Crippen LogP) is 1.97. The highest BCUT2D eigenvalue weighted by Crippen LogP contribution is 2.34. The summed E-state index contributed by atoms with van der Waals surface area (Å²) < 4.78 is 0. The summed E-state index contributed by atoms with van der Waals surface area (Å²) in [5.74, 6) is -0.728. The molecule has 0 aromatic heterocycles. The van der Waals surface area contributed by atoms with E-state index in [-0.39, 0.29) is 5.92 Å². The van der Waals surface area contributed by atoms with Crippen molar-refractivity contribution in [1.29, 1.82) is 0 Å². The molecule has 0 aliphatic heterocycles. The van der Waals surface area contributed by atoms with Crippen LogP contribution in [0.4, 0.5) is 0 Å². The summed E-state index contributed by atoms with van der Waals surface area (Å²) in [6.45, 7) is 8.70. The molecular formula is C11H21NO2. The lowest BCUT2D eigenvalue weighted by molar-refractivity contribution is -0.147. The molecule has 1 saturated carbocycles. The van der Waals surface area contributed by atoms with Gasteiger partial charge in [-0.05, 0) is 40.5 Å². The van der Waals surface area contributed by atoms with Crippen molar-refractivity contribution in [3.8, 4) is 0 Å². The molecule has 3 nitrogen and oxygen atoms in total. The van der Waals surface area contributed by atoms with E-state index in [4.69, 9.17) is 5.11 Å². The lowest BCUT2D eigenvalue weighted by Gasteiger charge is -2.45. The van der Waals surface area contributed by atoms with Crippen molar-refractivity contribution in [1.82, 2.24) is 4.90 Å². The van der Waals surface area contributed by atoms with Gasteiger partial charge in [-0.15, -0.1) is 0 Å². The number of carboxylic acids is 1. The molecule has 14 heavy (non-hydrogen) atoms. The average Bonchev–Trinajstić information content (AvgIpc) is 1.92. The Morgan fingerprint density at radius 3 is 1.93 bits per heavy atom. The van der Waals surface area contributed by atoms with E-state index in [1.54, 1.807) is 0 Å². The molecule has 0 atom stereocenters. The molecule has 1 aliphatic carbocycles. The second-order valence-corrected chi connectivity index (χ2v) is 4.80. The van der Waals surface area contributed by atoms with Crippen LogP contribution in [0.5, 0.6) is 0 Å². The van der Waals surface area contributed by atoms with Crippen LogP contribution in [-0.2, 0) is 4.79 Å². The van der Waals surface area contributed by atoms with Crippen molar-refractivity contribution in [3.05, 3.63) is 0 Å². The minimum atomic E-state index is -0.631. The van der Waals surface area contributed by atoms with E-state index in [2.05, 4.69) is 32.6 Å². The van der Waals surface area contributed by atoms with Crippen LogP contribution in [-0.4, -0.2) is 34.1 Å². The minimum Gasteiger partial charge on any atom is -0.481 e. The lowest BCUT2D eigenvalue weighted by Crippen LogP contribution is -2.52. The van der Waals surface area contributed by atoms with Gasteiger partial charge in [-0.3, -0.25) is 9.69 Å². The normalized spacial score (nSPS) is 27.1. The summed E-state index contributed by atoms with van der Waals surface area (Å²) in [6.07, 6.45) is 1.65. The summed E-state index contributed by atoms with van der Waals surface area (Å²) in [6, 6.07) is 1.50. The standard InChI is InChI=1S/C11H21NO2/c1-7(2)12(8(3)4)10-5-9(6-10)11(13)14/h7-10H,5-6H2,1-4H3,(H,13,14). The smallest absolute Gasteiger partial charge is 0.306 e. The molecule has 0 bridgehead atoms. The molecule has 82 valence electrons. The number of carbonyl (C=O) groups is 1. The first kappa shape index (κ1) is 11.5. The van der Waals surface area contributed by atoms with Gasteiger partial charge in [0.2, 0.25) is 0 Å². The molecule has 0 unspecified atom stereocenters. The maximum atomic E-state index is 10.7. The first-order valence-corrected chi connectivity index (χ1v) is 5.43. The van der Waals surface area contributed by atoms with E-state index < -0.39 is 5.97 Å². The van der Waals surface area contributed by atoms with Crippen molar-refractivity contribution in [2.24, 2.45) is 5.92 Å². The van der Waals surface area contributed by atoms with Crippen LogP contribution in [0.2, 0.25) is 0 Å². The number of carboxylic acid groups (broad SMARTS) is 1. The Balaban J connectivity index is 2.46. The topological polar surface area (TPSA) is 40.5 Å². The molecule has 0 aromatic carbocycles. The first-order chi connectivity index (χ1) is 6.43. The van der Waals surface area contributed by atoms with Gasteiger partial charge in [-0.2, -0.15) is 0 Å². The highest BCUT2D eigenvalue weighted by molar-refractivity contribution is 5.71. The van der Waals surface area contributed by atoms with Gasteiger partial charge in [0.15, 0.2) is 0 Å². The first-order valence-electron chi connectivity index (χ1n) is 5.43. The van der Waals surface area contributed by atoms with E-state index in [9.17, 15) is 4.79 Å². The molecule has 1 N–H and O–H groups in total. The molecule has 0 saturated heterocycles. The second kappa shape index (κ2) is 4.30. The zero-order chi connectivity index (χ0) is 10.9. The van der Waals surface area contributed by atoms with Gasteiger partial charge < -0.3 is 5.11 Å². The Hall–Kier alpha value is -0.570. The van der Waals surface area contributed by atoms with Crippen molar-refractivity contribution in [2.45, 2.75) is 58.7 Å². The molecular weight excluding hydrogens is 178 g/mol. The third-order valence-electron chi connectivity index (χ3n) is 3.08. The molecule has 1 aliphatic rings. The van der Waals surface area contributed by atoms with Crippen molar-refractivity contribution >= 4 is 5.97 Å². The summed E-state index contributed by atoms with van der Waals surface area (Å²) in [7, 11) is 0. The Labute approximate surface area is 86.1 Å². The number of hydrogen-bond acceptors (Lipinski definition) is 2. The molecule has 3 heteroatoms. The third-order valence-corrected chi connectivity index (χ3v) is 3.08. The molecule has 1 fully saturated rings. The average molecular weight is 199 g/mol. The van der Waals surface area contributed by atoms with Crippen LogP contribution in [0.1, 0.15) is 40.5 Å². The molecule has 0 amide bonds. The Morgan fingerprint density at radius 1 is 1.21 bits per heavy atom. The monoisotopic (exact) mass is 199 g/mol. The molecule has 0 spiro atoms. The number of hydrogen-bond donors (Lipinski definition) is 1. The zero-order valence-electron chi connectivity index (χ0n) is 9.53. The summed E-state index contributed by atoms with van der Waals surface area (Å²) in [5, 5.41) is 8.79. The van der Waals surface area contributed by atoms with Crippen LogP contribution in [0.3, 0.4) is 0 Å². The molecule has 0 radical (unpaired) electrons. The molecule has 0 heterocycles. The number of nitrogens with zero attached hydrogens (tertiary/aromatic N) is 1. The predicted molar refractivity (Wildman–Crippen MR) is 56.3 cm³/mol. The van der Waals surface area contributed by atoms with Gasteiger partial charge in [-0.25, -0.2) is 0 Å². The number of aliphatic carboxylic acids is 1. The zero-order valence-corrected chi connectivity index (χ0v) is 9.53. The largest absolute Gasteiger partial charge is 0.481 e. The van der Waals surface area contributed by atoms with E-state index in [1.807, 2.05) is 0 Å². The minimum absolute atomic E-state index is 0.0972. The fourth-order valence-electron chi connectivity index (χ4n) is 2.47. The van der Waals surface area contributed by atoms with Gasteiger partial charge in [0, 0.05) is 18.1 Å². The van der Waals surface area contributed by atoms with Gasteiger partial charge in [0.25, 0.3) is 0 Å². The van der Waals surface area contributed by atoms with Crippen LogP contribution in [0.15, 0.2) is 0 Å². The molecule has 0 aromatic rings. The number of rotatable bonds is 4. The van der Waals surface area contributed by atoms with Crippen LogP contribution >= 0.6 is 0 Å². The van der Waals surface area contributed by atoms with Crippen molar-refractivity contribution in [2.75, 3.05) is 0 Å². The summed E-state index contributed by atoms with van der Waals surface area (Å²) in [4.78, 5) is 13.1. The van der Waals surface area contributed by atoms with Gasteiger partial charge in [-0.1, -0.05) is 0 Å². The van der Waals surface area contributed by atoms with Crippen molar-refractivity contribution < 1.29 is 9.90 Å². The lowest BCUT2D eigenvalue weighted by atomic mass is 9.78.